The first-order valence-corrected chi connectivity index (χ1v) is 3.44. The fourth-order valence-corrected chi connectivity index (χ4v) is 0.469. The molecular formula is C5H8BrO2. The van der Waals surface area contributed by atoms with Crippen LogP contribution in [0.2, 0.25) is 0 Å². The first-order chi connectivity index (χ1) is 3.77. The monoisotopic (exact) mass is 179 g/mol. The van der Waals surface area contributed by atoms with Crippen molar-refractivity contribution in [3.8, 4) is 0 Å². The molecule has 0 rings (SSSR count). The van der Waals surface area contributed by atoms with Gasteiger partial charge in [-0.15, -0.1) is 0 Å². The van der Waals surface area contributed by atoms with E-state index in [0.29, 0.717) is 6.61 Å². The molecule has 8 heavy (non-hydrogen) atoms. The molecule has 0 heterocycles. The van der Waals surface area contributed by atoms with Crippen LogP contribution >= 0.6 is 15.9 Å². The van der Waals surface area contributed by atoms with Gasteiger partial charge in [-0.2, -0.15) is 0 Å². The summed E-state index contributed by atoms with van der Waals surface area (Å²) in [5, 5.41) is 0.861. The molecule has 0 bridgehead atoms. The smallest absolute Gasteiger partial charge is 0.306 e. The quantitative estimate of drug-likeness (QED) is 0.370. The number of halogens is 1. The molecule has 0 unspecified atom stereocenters. The van der Waals surface area contributed by atoms with E-state index >= 15 is 0 Å². The van der Waals surface area contributed by atoms with Gasteiger partial charge in [-0.1, -0.05) is 15.9 Å². The van der Waals surface area contributed by atoms with Gasteiger partial charge in [0.25, 0.3) is 0 Å². The number of ether oxygens (including phenoxy) is 1. The molecule has 0 aliphatic heterocycles. The van der Waals surface area contributed by atoms with Crippen molar-refractivity contribution < 1.29 is 9.53 Å². The van der Waals surface area contributed by atoms with E-state index in [4.69, 9.17) is 0 Å². The summed E-state index contributed by atoms with van der Waals surface area (Å²) in [6.07, 6.45) is 0.848. The molecule has 0 N–H and O–H groups in total. The molecule has 2 nitrogen and oxygen atoms in total. The lowest BCUT2D eigenvalue weighted by Gasteiger charge is -1.95. The van der Waals surface area contributed by atoms with Gasteiger partial charge in [0.2, 0.25) is 0 Å². The Morgan fingerprint density at radius 1 is 1.75 bits per heavy atom. The van der Waals surface area contributed by atoms with Crippen molar-refractivity contribution in [1.29, 1.82) is 0 Å². The first kappa shape index (κ1) is 7.95. The summed E-state index contributed by atoms with van der Waals surface area (Å²) in [5.74, 6) is -0.453. The maximum Gasteiger partial charge on any atom is 0.306 e. The number of rotatable bonds is 3. The predicted octanol–water partition coefficient (Wildman–Crippen LogP) is 1.15. The lowest BCUT2D eigenvalue weighted by molar-refractivity contribution is -0.138. The number of carbonyl (C=O) groups excluding carboxylic acids is 1. The highest BCUT2D eigenvalue weighted by Gasteiger charge is 1.88. The number of alkyl halides is 1. The summed E-state index contributed by atoms with van der Waals surface area (Å²) in [6, 6.07) is 0. The van der Waals surface area contributed by atoms with Crippen LogP contribution in [0.3, 0.4) is 0 Å². The van der Waals surface area contributed by atoms with E-state index in [1.54, 1.807) is 0 Å². The molecule has 0 saturated heterocycles. The highest BCUT2D eigenvalue weighted by Crippen LogP contribution is 1.87. The second kappa shape index (κ2) is 5.09. The molecule has 0 spiro atoms. The highest BCUT2D eigenvalue weighted by atomic mass is 79.9. The highest BCUT2D eigenvalue weighted by molar-refractivity contribution is 9.09. The van der Waals surface area contributed by atoms with Crippen LogP contribution < -0.4 is 0 Å². The van der Waals surface area contributed by atoms with E-state index in [2.05, 4.69) is 27.6 Å². The van der Waals surface area contributed by atoms with Gasteiger partial charge in [0.15, 0.2) is 0 Å². The van der Waals surface area contributed by atoms with Crippen LogP contribution in [0, 0.1) is 6.92 Å². The Labute approximate surface area is 57.3 Å². The van der Waals surface area contributed by atoms with Crippen molar-refractivity contribution in [1.82, 2.24) is 0 Å². The molecule has 3 heteroatoms. The topological polar surface area (TPSA) is 26.3 Å². The van der Waals surface area contributed by atoms with Crippen LogP contribution in [0.25, 0.3) is 0 Å². The minimum absolute atomic E-state index is 0.453. The van der Waals surface area contributed by atoms with Crippen LogP contribution in [0.4, 0.5) is 0 Å². The summed E-state index contributed by atoms with van der Waals surface area (Å²) < 4.78 is 4.50. The fourth-order valence-electron chi connectivity index (χ4n) is 0.241. The second-order valence-corrected chi connectivity index (χ2v) is 2.06. The zero-order chi connectivity index (χ0) is 6.41. The summed E-state index contributed by atoms with van der Waals surface area (Å²) in [5.41, 5.74) is 0. The maximum atomic E-state index is 9.97. The van der Waals surface area contributed by atoms with Gasteiger partial charge in [0.1, 0.15) is 0 Å². The van der Waals surface area contributed by atoms with Crippen LogP contribution in [0.5, 0.6) is 0 Å². The van der Waals surface area contributed by atoms with Crippen molar-refractivity contribution >= 4 is 21.9 Å². The number of hydrogen-bond donors (Lipinski definition) is 0. The molecule has 0 amide bonds. The molecule has 0 aliphatic carbocycles. The Morgan fingerprint density at radius 3 is 2.75 bits per heavy atom. The van der Waals surface area contributed by atoms with E-state index in [-0.39, 0.29) is 0 Å². The molecule has 0 aromatic heterocycles. The van der Waals surface area contributed by atoms with Crippen molar-refractivity contribution in [3.05, 3.63) is 6.92 Å². The van der Waals surface area contributed by atoms with Crippen molar-refractivity contribution in [2.45, 2.75) is 6.42 Å². The zero-order valence-corrected chi connectivity index (χ0v) is 6.11. The molecule has 0 aliphatic rings. The van der Waals surface area contributed by atoms with Crippen LogP contribution in [-0.4, -0.2) is 17.9 Å². The molecule has 0 aromatic carbocycles. The first-order valence-electron chi connectivity index (χ1n) is 2.32. The van der Waals surface area contributed by atoms with Gasteiger partial charge in [-0.3, -0.25) is 4.79 Å². The maximum absolute atomic E-state index is 9.97. The lowest BCUT2D eigenvalue weighted by atomic mass is 10.5. The van der Waals surface area contributed by atoms with Gasteiger partial charge in [0.05, 0.1) is 13.5 Å². The largest absolute Gasteiger partial charge is 0.466 e. The third-order valence-corrected chi connectivity index (χ3v) is 1.10. The van der Waals surface area contributed by atoms with Crippen LogP contribution in [0.15, 0.2) is 0 Å². The minimum Gasteiger partial charge on any atom is -0.466 e. The number of esters is 1. The zero-order valence-electron chi connectivity index (χ0n) is 4.52. The van der Waals surface area contributed by atoms with Gasteiger partial charge in [-0.25, -0.2) is 0 Å². The van der Waals surface area contributed by atoms with Crippen LogP contribution in [0.1, 0.15) is 6.42 Å². The standard InChI is InChI=1S/C5H8BrO2/c1-5(7)8-4-2-3-6/h1-4H2. The Bertz CT molecular complexity index is 72.8. The third-order valence-electron chi connectivity index (χ3n) is 0.541. The SMILES string of the molecule is [CH2]C(=O)OCCCBr. The molecule has 0 atom stereocenters. The van der Waals surface area contributed by atoms with E-state index < -0.39 is 5.97 Å². The van der Waals surface area contributed by atoms with Crippen molar-refractivity contribution in [3.63, 3.8) is 0 Å². The summed E-state index contributed by atoms with van der Waals surface area (Å²) >= 11 is 3.19. The Kier molecular flexibility index (Phi) is 5.06. The van der Waals surface area contributed by atoms with Crippen molar-refractivity contribution in [2.75, 3.05) is 11.9 Å². The van der Waals surface area contributed by atoms with E-state index in [1.807, 2.05) is 0 Å². The van der Waals surface area contributed by atoms with E-state index in [1.165, 1.54) is 0 Å². The normalized spacial score (nSPS) is 8.75. The van der Waals surface area contributed by atoms with Gasteiger partial charge in [0, 0.05) is 5.33 Å². The summed E-state index contributed by atoms with van der Waals surface area (Å²) in [6.45, 7) is 3.50. The molecule has 47 valence electrons. The van der Waals surface area contributed by atoms with Gasteiger partial charge in [-0.05, 0) is 6.42 Å². The summed E-state index contributed by atoms with van der Waals surface area (Å²) in [7, 11) is 0. The third kappa shape index (κ3) is 5.95. The average molecular weight is 180 g/mol. The Hall–Kier alpha value is -0.0500. The fraction of sp³-hybridized carbons (Fsp3) is 0.600. The van der Waals surface area contributed by atoms with Gasteiger partial charge < -0.3 is 4.74 Å². The predicted molar refractivity (Wildman–Crippen MR) is 34.7 cm³/mol. The summed E-state index contributed by atoms with van der Waals surface area (Å²) in [4.78, 5) is 9.97. The Balaban J connectivity index is 2.82. The minimum atomic E-state index is -0.453. The molecular weight excluding hydrogens is 172 g/mol. The van der Waals surface area contributed by atoms with Crippen LogP contribution in [-0.2, 0) is 9.53 Å². The van der Waals surface area contributed by atoms with E-state index in [9.17, 15) is 4.79 Å². The lowest BCUT2D eigenvalue weighted by Crippen LogP contribution is -2.00. The molecule has 1 radical (unpaired) electrons. The average Bonchev–Trinajstić information content (AvgIpc) is 1.66. The van der Waals surface area contributed by atoms with E-state index in [0.717, 1.165) is 11.8 Å². The van der Waals surface area contributed by atoms with Gasteiger partial charge >= 0.3 is 5.97 Å². The molecule has 0 saturated carbocycles. The van der Waals surface area contributed by atoms with Crippen molar-refractivity contribution in [2.24, 2.45) is 0 Å². The molecule has 0 aromatic rings. The number of hydrogen-bond acceptors (Lipinski definition) is 2. The number of carbonyl (C=O) groups is 1. The molecule has 0 fully saturated rings. The Morgan fingerprint density at radius 2 is 2.38 bits per heavy atom. The second-order valence-electron chi connectivity index (χ2n) is 1.26.